The van der Waals surface area contributed by atoms with Crippen molar-refractivity contribution >= 4 is 11.7 Å². The van der Waals surface area contributed by atoms with Crippen molar-refractivity contribution in [1.82, 2.24) is 5.32 Å². The van der Waals surface area contributed by atoms with E-state index >= 15 is 0 Å². The number of Topliss-reactive ketones (excluding diaryl/α,β-unsaturated/α-hetero) is 1. The molecule has 0 spiro atoms. The third-order valence-electron chi connectivity index (χ3n) is 3.05. The normalized spacial score (nSPS) is 27.9. The summed E-state index contributed by atoms with van der Waals surface area (Å²) in [5.74, 6) is -0.0475. The van der Waals surface area contributed by atoms with Crippen molar-refractivity contribution < 1.29 is 14.3 Å². The van der Waals surface area contributed by atoms with Gasteiger partial charge in [0.05, 0.1) is 0 Å². The van der Waals surface area contributed by atoms with Crippen molar-refractivity contribution in [2.75, 3.05) is 6.54 Å². The molecule has 0 unspecified atom stereocenters. The number of carbonyl (C=O) groups excluding carboxylic acids is 2. The van der Waals surface area contributed by atoms with Gasteiger partial charge in [0.25, 0.3) is 5.91 Å². The molecule has 0 aromatic heterocycles. The van der Waals surface area contributed by atoms with E-state index in [0.29, 0.717) is 18.7 Å². The molecule has 96 valence electrons. The highest BCUT2D eigenvalue weighted by Crippen LogP contribution is 2.34. The second kappa shape index (κ2) is 4.80. The molecule has 4 nitrogen and oxygen atoms in total. The van der Waals surface area contributed by atoms with Gasteiger partial charge in [0.15, 0.2) is 5.60 Å². The monoisotopic (exact) mass is 247 g/mol. The summed E-state index contributed by atoms with van der Waals surface area (Å²) in [7, 11) is 0. The molecular weight excluding hydrogens is 230 g/mol. The van der Waals surface area contributed by atoms with Crippen LogP contribution in [0.3, 0.4) is 0 Å². The zero-order valence-electron chi connectivity index (χ0n) is 10.7. The number of nitrogens with one attached hydrogen (secondary N) is 1. The van der Waals surface area contributed by atoms with Crippen molar-refractivity contribution in [1.29, 1.82) is 0 Å². The molecule has 2 aliphatic rings. The third kappa shape index (κ3) is 2.10. The van der Waals surface area contributed by atoms with E-state index in [-0.39, 0.29) is 17.3 Å². The summed E-state index contributed by atoms with van der Waals surface area (Å²) in [6.07, 6.45) is 8.87. The van der Waals surface area contributed by atoms with Crippen LogP contribution in [0.15, 0.2) is 35.6 Å². The zero-order chi connectivity index (χ0) is 13.2. The van der Waals surface area contributed by atoms with Gasteiger partial charge in [-0.05, 0) is 19.4 Å². The Kier molecular flexibility index (Phi) is 3.36. The summed E-state index contributed by atoms with van der Waals surface area (Å²) in [6.45, 7) is 4.26. The molecule has 0 bridgehead atoms. The molecule has 1 atom stereocenters. The van der Waals surface area contributed by atoms with Gasteiger partial charge in [0.1, 0.15) is 11.3 Å². The van der Waals surface area contributed by atoms with Crippen LogP contribution in [0.5, 0.6) is 0 Å². The number of amides is 1. The third-order valence-corrected chi connectivity index (χ3v) is 3.05. The molecule has 0 aliphatic carbocycles. The summed E-state index contributed by atoms with van der Waals surface area (Å²) in [4.78, 5) is 23.9. The average Bonchev–Trinajstić information content (AvgIpc) is 2.59. The maximum absolute atomic E-state index is 12.2. The maximum Gasteiger partial charge on any atom is 0.258 e. The lowest BCUT2D eigenvalue weighted by Crippen LogP contribution is -2.36. The van der Waals surface area contributed by atoms with Crippen molar-refractivity contribution in [2.24, 2.45) is 0 Å². The quantitative estimate of drug-likeness (QED) is 0.609. The van der Waals surface area contributed by atoms with Crippen LogP contribution in [-0.2, 0) is 14.3 Å². The van der Waals surface area contributed by atoms with Gasteiger partial charge in [-0.25, -0.2) is 0 Å². The number of ether oxygens (including phenoxy) is 1. The van der Waals surface area contributed by atoms with Gasteiger partial charge in [-0.1, -0.05) is 25.2 Å². The van der Waals surface area contributed by atoms with Gasteiger partial charge in [0, 0.05) is 13.0 Å². The van der Waals surface area contributed by atoms with E-state index < -0.39 is 5.60 Å². The molecule has 0 saturated heterocycles. The van der Waals surface area contributed by atoms with Crippen LogP contribution >= 0.6 is 0 Å². The van der Waals surface area contributed by atoms with Crippen LogP contribution in [-0.4, -0.2) is 23.8 Å². The Balaban J connectivity index is 2.20. The summed E-state index contributed by atoms with van der Waals surface area (Å²) in [5.41, 5.74) is -0.849. The molecule has 1 amide bonds. The molecule has 0 fully saturated rings. The van der Waals surface area contributed by atoms with Crippen LogP contribution in [0.2, 0.25) is 0 Å². The predicted molar refractivity (Wildman–Crippen MR) is 67.7 cm³/mol. The van der Waals surface area contributed by atoms with Crippen molar-refractivity contribution in [3.63, 3.8) is 0 Å². The van der Waals surface area contributed by atoms with E-state index in [2.05, 4.69) is 5.32 Å². The van der Waals surface area contributed by atoms with E-state index in [9.17, 15) is 9.59 Å². The van der Waals surface area contributed by atoms with E-state index in [1.807, 2.05) is 19.1 Å². The number of allylic oxidation sites excluding steroid dienone is 3. The van der Waals surface area contributed by atoms with Crippen LogP contribution in [0.4, 0.5) is 0 Å². The first kappa shape index (κ1) is 12.6. The first-order valence-electron chi connectivity index (χ1n) is 6.18. The highest BCUT2D eigenvalue weighted by Gasteiger charge is 2.47. The lowest BCUT2D eigenvalue weighted by Gasteiger charge is -2.19. The zero-order valence-corrected chi connectivity index (χ0v) is 10.7. The molecule has 4 heteroatoms. The summed E-state index contributed by atoms with van der Waals surface area (Å²) < 4.78 is 5.66. The number of ketones is 1. The van der Waals surface area contributed by atoms with E-state index in [0.717, 1.165) is 6.42 Å². The topological polar surface area (TPSA) is 55.4 Å². The summed E-state index contributed by atoms with van der Waals surface area (Å²) in [5, 5.41) is 2.66. The van der Waals surface area contributed by atoms with E-state index in [1.54, 1.807) is 19.1 Å². The molecule has 0 aromatic carbocycles. The van der Waals surface area contributed by atoms with Gasteiger partial charge >= 0.3 is 0 Å². The minimum atomic E-state index is -1.04. The first-order chi connectivity index (χ1) is 8.58. The van der Waals surface area contributed by atoms with Crippen molar-refractivity contribution in [3.05, 3.63) is 35.6 Å². The Morgan fingerprint density at radius 3 is 2.83 bits per heavy atom. The lowest BCUT2D eigenvalue weighted by molar-refractivity contribution is -0.127. The fraction of sp³-hybridized carbons (Fsp3) is 0.429. The first-order valence-corrected chi connectivity index (χ1v) is 6.18. The summed E-state index contributed by atoms with van der Waals surface area (Å²) >= 11 is 0. The van der Waals surface area contributed by atoms with Crippen LogP contribution in [0.1, 0.15) is 26.7 Å². The fourth-order valence-corrected chi connectivity index (χ4v) is 2.08. The Morgan fingerprint density at radius 2 is 2.17 bits per heavy atom. The number of carbonyl (C=O) groups is 2. The minimum absolute atomic E-state index is 0.188. The average molecular weight is 247 g/mol. The second-order valence-electron chi connectivity index (χ2n) is 4.54. The molecule has 1 N–H and O–H groups in total. The molecule has 2 heterocycles. The van der Waals surface area contributed by atoms with Gasteiger partial charge in [-0.2, -0.15) is 0 Å². The second-order valence-corrected chi connectivity index (χ2v) is 4.54. The maximum atomic E-state index is 12.2. The van der Waals surface area contributed by atoms with Crippen molar-refractivity contribution in [2.45, 2.75) is 32.3 Å². The highest BCUT2D eigenvalue weighted by atomic mass is 16.5. The fourth-order valence-electron chi connectivity index (χ4n) is 2.08. The largest absolute Gasteiger partial charge is 0.479 e. The molecule has 2 rings (SSSR count). The number of hydrogen-bond acceptors (Lipinski definition) is 3. The number of hydrogen-bond donors (Lipinski definition) is 1. The summed E-state index contributed by atoms with van der Waals surface area (Å²) in [6, 6.07) is 0. The van der Waals surface area contributed by atoms with Crippen molar-refractivity contribution in [3.8, 4) is 0 Å². The van der Waals surface area contributed by atoms with E-state index in [1.165, 1.54) is 0 Å². The van der Waals surface area contributed by atoms with Crippen LogP contribution in [0, 0.1) is 0 Å². The van der Waals surface area contributed by atoms with Crippen LogP contribution in [0.25, 0.3) is 0 Å². The molecule has 0 aromatic rings. The Bertz CT molecular complexity index is 473. The molecule has 18 heavy (non-hydrogen) atoms. The molecule has 0 saturated carbocycles. The minimum Gasteiger partial charge on any atom is -0.479 e. The predicted octanol–water partition coefficient (Wildman–Crippen LogP) is 1.64. The van der Waals surface area contributed by atoms with Gasteiger partial charge in [-0.15, -0.1) is 0 Å². The Morgan fingerprint density at radius 1 is 1.39 bits per heavy atom. The highest BCUT2D eigenvalue weighted by molar-refractivity contribution is 6.24. The molecular formula is C14H17NO3. The van der Waals surface area contributed by atoms with Gasteiger partial charge < -0.3 is 10.1 Å². The standard InChI is InChI=1S/C14H17NO3/c1-3-4-5-6-8-14(2)12(16)11-10(18-14)7-9-15-13(11)17/h4-6,8H,3,7,9H2,1-2H3,(H,15,17)/b5-4+,8-6+/t14-/m0/s1. The SMILES string of the molecule is CC/C=C/C=C/[C@]1(C)OC2=C(C(=O)NCC2)C1=O. The molecule has 0 radical (unpaired) electrons. The smallest absolute Gasteiger partial charge is 0.258 e. The Hall–Kier alpha value is -1.84. The Labute approximate surface area is 106 Å². The van der Waals surface area contributed by atoms with E-state index in [4.69, 9.17) is 4.74 Å². The lowest BCUT2D eigenvalue weighted by atomic mass is 9.94. The van der Waals surface area contributed by atoms with Gasteiger partial charge in [-0.3, -0.25) is 9.59 Å². The van der Waals surface area contributed by atoms with Crippen LogP contribution < -0.4 is 5.32 Å². The molecule has 2 aliphatic heterocycles. The van der Waals surface area contributed by atoms with Gasteiger partial charge in [0.2, 0.25) is 5.78 Å². The number of rotatable bonds is 3.